The van der Waals surface area contributed by atoms with Crippen LogP contribution in [0.15, 0.2) is 48.5 Å². The molecule has 130 valence electrons. The van der Waals surface area contributed by atoms with Crippen molar-refractivity contribution in [1.29, 1.82) is 0 Å². The van der Waals surface area contributed by atoms with Crippen LogP contribution in [0, 0.1) is 11.7 Å². The van der Waals surface area contributed by atoms with Crippen LogP contribution in [0.1, 0.15) is 12.0 Å². The third kappa shape index (κ3) is 4.37. The standard InChI is InChI=1S/C19H18ClFN2O2/c20-15-6-7-16(21)17(11-15)22-19(25)14-10-18(24)23(12-14)9-8-13-4-2-1-3-5-13/h1-7,11,14H,8-10,12H2,(H,22,25). The number of carbonyl (C=O) groups excluding carboxylic acids is 2. The van der Waals surface area contributed by atoms with Crippen molar-refractivity contribution in [2.75, 3.05) is 18.4 Å². The van der Waals surface area contributed by atoms with Crippen LogP contribution in [0.25, 0.3) is 0 Å². The summed E-state index contributed by atoms with van der Waals surface area (Å²) in [5.41, 5.74) is 1.18. The van der Waals surface area contributed by atoms with Gasteiger partial charge in [-0.05, 0) is 30.2 Å². The zero-order valence-corrected chi connectivity index (χ0v) is 14.3. The number of hydrogen-bond acceptors (Lipinski definition) is 2. The smallest absolute Gasteiger partial charge is 0.229 e. The van der Waals surface area contributed by atoms with Gasteiger partial charge in [-0.25, -0.2) is 4.39 Å². The average molecular weight is 361 g/mol. The van der Waals surface area contributed by atoms with Crippen molar-refractivity contribution < 1.29 is 14.0 Å². The average Bonchev–Trinajstić information content (AvgIpc) is 2.98. The predicted molar refractivity (Wildman–Crippen MR) is 94.9 cm³/mol. The Hall–Kier alpha value is -2.40. The molecule has 2 aromatic carbocycles. The van der Waals surface area contributed by atoms with Crippen LogP contribution in [0.2, 0.25) is 5.02 Å². The second-order valence-corrected chi connectivity index (χ2v) is 6.53. The molecule has 0 radical (unpaired) electrons. The molecule has 0 bridgehead atoms. The fraction of sp³-hybridized carbons (Fsp3) is 0.263. The van der Waals surface area contributed by atoms with Crippen molar-refractivity contribution in [3.8, 4) is 0 Å². The number of rotatable bonds is 5. The van der Waals surface area contributed by atoms with Crippen LogP contribution >= 0.6 is 11.6 Å². The summed E-state index contributed by atoms with van der Waals surface area (Å²) in [4.78, 5) is 26.2. The Morgan fingerprint density at radius 2 is 2.00 bits per heavy atom. The molecule has 0 aliphatic carbocycles. The summed E-state index contributed by atoms with van der Waals surface area (Å²) in [5.74, 6) is -1.45. The monoisotopic (exact) mass is 360 g/mol. The molecule has 1 atom stereocenters. The third-order valence-electron chi connectivity index (χ3n) is 4.28. The Morgan fingerprint density at radius 3 is 2.76 bits per heavy atom. The minimum Gasteiger partial charge on any atom is -0.342 e. The van der Waals surface area contributed by atoms with Crippen molar-refractivity contribution >= 4 is 29.1 Å². The lowest BCUT2D eigenvalue weighted by Crippen LogP contribution is -2.30. The van der Waals surface area contributed by atoms with Gasteiger partial charge in [0.05, 0.1) is 11.6 Å². The largest absolute Gasteiger partial charge is 0.342 e. The molecule has 1 aliphatic rings. The molecular weight excluding hydrogens is 343 g/mol. The number of nitrogens with zero attached hydrogens (tertiary/aromatic N) is 1. The third-order valence-corrected chi connectivity index (χ3v) is 4.52. The Bertz CT molecular complexity index is 782. The lowest BCUT2D eigenvalue weighted by atomic mass is 10.1. The van der Waals surface area contributed by atoms with Gasteiger partial charge >= 0.3 is 0 Å². The lowest BCUT2D eigenvalue weighted by molar-refractivity contribution is -0.128. The molecule has 0 spiro atoms. The van der Waals surface area contributed by atoms with Crippen molar-refractivity contribution in [3.05, 3.63) is 64.9 Å². The minimum absolute atomic E-state index is 0.0349. The summed E-state index contributed by atoms with van der Waals surface area (Å²) in [7, 11) is 0. The molecule has 1 fully saturated rings. The van der Waals surface area contributed by atoms with Crippen LogP contribution in [-0.2, 0) is 16.0 Å². The fourth-order valence-electron chi connectivity index (χ4n) is 2.90. The maximum atomic E-state index is 13.7. The lowest BCUT2D eigenvalue weighted by Gasteiger charge is -2.16. The van der Waals surface area contributed by atoms with Crippen LogP contribution in [0.4, 0.5) is 10.1 Å². The number of anilines is 1. The van der Waals surface area contributed by atoms with Crippen LogP contribution in [-0.4, -0.2) is 29.8 Å². The highest BCUT2D eigenvalue weighted by molar-refractivity contribution is 6.30. The van der Waals surface area contributed by atoms with Gasteiger partial charge in [-0.15, -0.1) is 0 Å². The van der Waals surface area contributed by atoms with Crippen molar-refractivity contribution in [1.82, 2.24) is 4.90 Å². The molecule has 0 aromatic heterocycles. The van der Waals surface area contributed by atoms with Crippen molar-refractivity contribution in [3.63, 3.8) is 0 Å². The first-order valence-corrected chi connectivity index (χ1v) is 8.48. The van der Waals surface area contributed by atoms with E-state index in [1.807, 2.05) is 30.3 Å². The highest BCUT2D eigenvalue weighted by atomic mass is 35.5. The fourth-order valence-corrected chi connectivity index (χ4v) is 3.07. The van der Waals surface area contributed by atoms with Crippen LogP contribution in [0.5, 0.6) is 0 Å². The van der Waals surface area contributed by atoms with E-state index in [0.717, 1.165) is 12.0 Å². The summed E-state index contributed by atoms with van der Waals surface area (Å²) < 4.78 is 13.7. The number of amides is 2. The van der Waals surface area contributed by atoms with Gasteiger partial charge in [0.25, 0.3) is 0 Å². The normalized spacial score (nSPS) is 17.0. The highest BCUT2D eigenvalue weighted by Gasteiger charge is 2.34. The van der Waals surface area contributed by atoms with E-state index >= 15 is 0 Å². The molecule has 1 N–H and O–H groups in total. The number of hydrogen-bond donors (Lipinski definition) is 1. The van der Waals surface area contributed by atoms with E-state index in [4.69, 9.17) is 11.6 Å². The van der Waals surface area contributed by atoms with Gasteiger partial charge in [0.2, 0.25) is 11.8 Å². The first-order chi connectivity index (χ1) is 12.0. The minimum atomic E-state index is -0.553. The van der Waals surface area contributed by atoms with Gasteiger partial charge in [0.1, 0.15) is 5.82 Å². The van der Waals surface area contributed by atoms with E-state index in [1.165, 1.54) is 18.2 Å². The molecule has 1 unspecified atom stereocenters. The molecule has 3 rings (SSSR count). The van der Waals surface area contributed by atoms with Gasteiger partial charge in [-0.1, -0.05) is 41.9 Å². The van der Waals surface area contributed by atoms with Crippen molar-refractivity contribution in [2.45, 2.75) is 12.8 Å². The molecule has 1 heterocycles. The first kappa shape index (κ1) is 17.4. The van der Waals surface area contributed by atoms with E-state index in [-0.39, 0.29) is 23.9 Å². The Kier molecular flexibility index (Phi) is 5.34. The quantitative estimate of drug-likeness (QED) is 0.887. The van der Waals surface area contributed by atoms with Crippen LogP contribution in [0.3, 0.4) is 0 Å². The molecular formula is C19H18ClFN2O2. The van der Waals surface area contributed by atoms with Gasteiger partial charge in [0.15, 0.2) is 0 Å². The first-order valence-electron chi connectivity index (χ1n) is 8.10. The highest BCUT2D eigenvalue weighted by Crippen LogP contribution is 2.23. The topological polar surface area (TPSA) is 49.4 Å². The Morgan fingerprint density at radius 1 is 1.24 bits per heavy atom. The summed E-state index contributed by atoms with van der Waals surface area (Å²) in [6, 6.07) is 13.8. The predicted octanol–water partition coefficient (Wildman–Crippen LogP) is 3.51. The van der Waals surface area contributed by atoms with Gasteiger partial charge in [0, 0.05) is 24.5 Å². The molecule has 0 saturated carbocycles. The number of halogens is 2. The number of carbonyl (C=O) groups is 2. The molecule has 1 aliphatic heterocycles. The zero-order chi connectivity index (χ0) is 17.8. The molecule has 4 nitrogen and oxygen atoms in total. The van der Waals surface area contributed by atoms with Crippen LogP contribution < -0.4 is 5.32 Å². The van der Waals surface area contributed by atoms with Gasteiger partial charge < -0.3 is 10.2 Å². The van der Waals surface area contributed by atoms with E-state index in [0.29, 0.717) is 18.1 Å². The molecule has 25 heavy (non-hydrogen) atoms. The van der Waals surface area contributed by atoms with E-state index in [9.17, 15) is 14.0 Å². The molecule has 1 saturated heterocycles. The SMILES string of the molecule is O=C(Nc1cc(Cl)ccc1F)C1CC(=O)N(CCc2ccccc2)C1. The second-order valence-electron chi connectivity index (χ2n) is 6.09. The number of nitrogens with one attached hydrogen (secondary N) is 1. The molecule has 6 heteroatoms. The molecule has 2 amide bonds. The maximum Gasteiger partial charge on any atom is 0.229 e. The van der Waals surface area contributed by atoms with E-state index in [1.54, 1.807) is 4.90 Å². The van der Waals surface area contributed by atoms with E-state index in [2.05, 4.69) is 5.32 Å². The van der Waals surface area contributed by atoms with Crippen molar-refractivity contribution in [2.24, 2.45) is 5.92 Å². The summed E-state index contributed by atoms with van der Waals surface area (Å²) >= 11 is 5.83. The molecule has 2 aromatic rings. The Balaban J connectivity index is 1.58. The van der Waals surface area contributed by atoms with Gasteiger partial charge in [-0.3, -0.25) is 9.59 Å². The second kappa shape index (κ2) is 7.66. The van der Waals surface area contributed by atoms with Gasteiger partial charge in [-0.2, -0.15) is 0 Å². The number of likely N-dealkylation sites (tertiary alicyclic amines) is 1. The summed E-state index contributed by atoms with van der Waals surface area (Å²) in [6.45, 7) is 0.915. The van der Waals surface area contributed by atoms with E-state index < -0.39 is 11.7 Å². The summed E-state index contributed by atoms with van der Waals surface area (Å²) in [6.07, 6.45) is 0.882. The number of benzene rings is 2. The Labute approximate surface area is 150 Å². The summed E-state index contributed by atoms with van der Waals surface area (Å²) in [5, 5.41) is 2.87. The zero-order valence-electron chi connectivity index (χ0n) is 13.5. The maximum absolute atomic E-state index is 13.7.